The van der Waals surface area contributed by atoms with E-state index in [9.17, 15) is 18.8 Å². The summed E-state index contributed by atoms with van der Waals surface area (Å²) in [6.45, 7) is 3.51. The van der Waals surface area contributed by atoms with Crippen LogP contribution < -0.4 is 10.6 Å². The largest absolute Gasteiger partial charge is 0.452 e. The van der Waals surface area contributed by atoms with Gasteiger partial charge in [-0.1, -0.05) is 24.9 Å². The molecule has 1 aromatic heterocycles. The molecule has 30 heavy (non-hydrogen) atoms. The summed E-state index contributed by atoms with van der Waals surface area (Å²) in [7, 11) is 0. The van der Waals surface area contributed by atoms with Gasteiger partial charge in [-0.2, -0.15) is 5.10 Å². The third-order valence-corrected chi connectivity index (χ3v) is 4.28. The van der Waals surface area contributed by atoms with E-state index in [0.29, 0.717) is 23.5 Å². The highest BCUT2D eigenvalue weighted by Crippen LogP contribution is 2.24. The van der Waals surface area contributed by atoms with Crippen molar-refractivity contribution in [3.63, 3.8) is 0 Å². The first-order chi connectivity index (χ1) is 14.3. The number of urea groups is 1. The highest BCUT2D eigenvalue weighted by molar-refractivity contribution is 6.31. The standard InChI is InChI=1S/C20H22ClFN4O4/c1-3-4-11-23-20(29)24-17(27)12-30-18(28)10-9-16-13(2)25-26(19(16)21)15-7-5-14(22)6-8-15/h5-10H,3-4,11-12H2,1-2H3,(H2,23,24,27,29)/b10-9+. The Labute approximate surface area is 178 Å². The molecule has 0 aliphatic rings. The lowest BCUT2D eigenvalue weighted by atomic mass is 10.2. The second-order valence-corrected chi connectivity index (χ2v) is 6.63. The summed E-state index contributed by atoms with van der Waals surface area (Å²) < 4.78 is 19.3. The number of rotatable bonds is 8. The van der Waals surface area contributed by atoms with Crippen molar-refractivity contribution in [1.82, 2.24) is 20.4 Å². The SMILES string of the molecule is CCCCNC(=O)NC(=O)COC(=O)/C=C/c1c(C)nn(-c2ccc(F)cc2)c1Cl. The minimum Gasteiger partial charge on any atom is -0.452 e. The molecule has 0 atom stereocenters. The number of benzene rings is 1. The first-order valence-electron chi connectivity index (χ1n) is 9.25. The molecule has 0 aliphatic carbocycles. The van der Waals surface area contributed by atoms with Crippen LogP contribution in [0.5, 0.6) is 0 Å². The number of unbranched alkanes of at least 4 members (excludes halogenated alkanes) is 1. The van der Waals surface area contributed by atoms with E-state index in [-0.39, 0.29) is 11.0 Å². The Kier molecular flexibility index (Phi) is 8.54. The van der Waals surface area contributed by atoms with Crippen LogP contribution in [0, 0.1) is 12.7 Å². The second-order valence-electron chi connectivity index (χ2n) is 6.28. The zero-order chi connectivity index (χ0) is 22.1. The number of aromatic nitrogens is 2. The predicted octanol–water partition coefficient (Wildman–Crippen LogP) is 3.16. The van der Waals surface area contributed by atoms with Gasteiger partial charge >= 0.3 is 12.0 Å². The fourth-order valence-corrected chi connectivity index (χ4v) is 2.71. The molecule has 3 amide bonds. The van der Waals surface area contributed by atoms with E-state index in [4.69, 9.17) is 16.3 Å². The van der Waals surface area contributed by atoms with Crippen molar-refractivity contribution in [2.24, 2.45) is 0 Å². The van der Waals surface area contributed by atoms with E-state index in [1.54, 1.807) is 6.92 Å². The predicted molar refractivity (Wildman–Crippen MR) is 110 cm³/mol. The lowest BCUT2D eigenvalue weighted by Crippen LogP contribution is -2.41. The van der Waals surface area contributed by atoms with Crippen LogP contribution in [-0.4, -0.2) is 40.8 Å². The fourth-order valence-electron chi connectivity index (χ4n) is 2.38. The number of imide groups is 1. The van der Waals surface area contributed by atoms with Crippen LogP contribution >= 0.6 is 11.6 Å². The van der Waals surface area contributed by atoms with E-state index in [1.165, 1.54) is 35.0 Å². The van der Waals surface area contributed by atoms with Gasteiger partial charge in [0.15, 0.2) is 6.61 Å². The normalized spacial score (nSPS) is 10.8. The first-order valence-corrected chi connectivity index (χ1v) is 9.63. The average Bonchev–Trinajstić information content (AvgIpc) is 2.99. The van der Waals surface area contributed by atoms with Crippen molar-refractivity contribution in [2.45, 2.75) is 26.7 Å². The third-order valence-electron chi connectivity index (χ3n) is 3.92. The Hall–Kier alpha value is -3.20. The van der Waals surface area contributed by atoms with Gasteiger partial charge in [-0.25, -0.2) is 18.7 Å². The number of hydrogen-bond acceptors (Lipinski definition) is 5. The molecule has 0 bridgehead atoms. The molecule has 0 unspecified atom stereocenters. The lowest BCUT2D eigenvalue weighted by Gasteiger charge is -2.06. The quantitative estimate of drug-likeness (QED) is 0.376. The summed E-state index contributed by atoms with van der Waals surface area (Å²) in [5.74, 6) is -1.92. The molecular formula is C20H22ClFN4O4. The van der Waals surface area contributed by atoms with Crippen LogP contribution in [0.2, 0.25) is 5.15 Å². The van der Waals surface area contributed by atoms with Gasteiger partial charge in [0.1, 0.15) is 11.0 Å². The summed E-state index contributed by atoms with van der Waals surface area (Å²) in [5.41, 5.74) is 1.56. The molecule has 8 nitrogen and oxygen atoms in total. The molecule has 0 saturated heterocycles. The maximum Gasteiger partial charge on any atom is 0.331 e. The van der Waals surface area contributed by atoms with Crippen LogP contribution in [-0.2, 0) is 14.3 Å². The number of nitrogens with zero attached hydrogens (tertiary/aromatic N) is 2. The van der Waals surface area contributed by atoms with Crippen molar-refractivity contribution in [2.75, 3.05) is 13.2 Å². The van der Waals surface area contributed by atoms with Gasteiger partial charge in [0.2, 0.25) is 0 Å². The van der Waals surface area contributed by atoms with E-state index in [2.05, 4.69) is 15.7 Å². The summed E-state index contributed by atoms with van der Waals surface area (Å²) in [6.07, 6.45) is 4.20. The molecule has 2 N–H and O–H groups in total. The maximum absolute atomic E-state index is 13.1. The van der Waals surface area contributed by atoms with Crippen molar-refractivity contribution in [3.8, 4) is 5.69 Å². The third kappa shape index (κ3) is 6.70. The molecule has 2 rings (SSSR count). The Balaban J connectivity index is 1.91. The second kappa shape index (κ2) is 11.1. The number of nitrogens with one attached hydrogen (secondary N) is 2. The van der Waals surface area contributed by atoms with Crippen molar-refractivity contribution in [1.29, 1.82) is 0 Å². The molecule has 0 saturated carbocycles. The number of ether oxygens (including phenoxy) is 1. The molecule has 2 aromatic rings. The summed E-state index contributed by atoms with van der Waals surface area (Å²) in [4.78, 5) is 34.9. The fraction of sp³-hybridized carbons (Fsp3) is 0.300. The Bertz CT molecular complexity index is 941. The van der Waals surface area contributed by atoms with E-state index < -0.39 is 24.5 Å². The van der Waals surface area contributed by atoms with Gasteiger partial charge in [0, 0.05) is 18.2 Å². The smallest absolute Gasteiger partial charge is 0.331 e. The molecule has 1 heterocycles. The zero-order valence-corrected chi connectivity index (χ0v) is 17.3. The summed E-state index contributed by atoms with van der Waals surface area (Å²) in [5, 5.41) is 9.07. The highest BCUT2D eigenvalue weighted by atomic mass is 35.5. The van der Waals surface area contributed by atoms with Gasteiger partial charge in [0.25, 0.3) is 5.91 Å². The molecule has 1 aromatic carbocycles. The lowest BCUT2D eigenvalue weighted by molar-refractivity contribution is -0.143. The van der Waals surface area contributed by atoms with Gasteiger partial charge in [-0.3, -0.25) is 10.1 Å². The monoisotopic (exact) mass is 436 g/mol. The summed E-state index contributed by atoms with van der Waals surface area (Å²) >= 11 is 6.32. The van der Waals surface area contributed by atoms with Crippen LogP contribution in [0.25, 0.3) is 11.8 Å². The molecular weight excluding hydrogens is 415 g/mol. The molecule has 0 radical (unpaired) electrons. The van der Waals surface area contributed by atoms with Crippen molar-refractivity contribution in [3.05, 3.63) is 52.6 Å². The number of hydrogen-bond donors (Lipinski definition) is 2. The molecule has 0 spiro atoms. The minimum absolute atomic E-state index is 0.227. The van der Waals surface area contributed by atoms with E-state index in [0.717, 1.165) is 18.9 Å². The number of aryl methyl sites for hydroxylation is 1. The zero-order valence-electron chi connectivity index (χ0n) is 16.6. The van der Waals surface area contributed by atoms with Gasteiger partial charge < -0.3 is 10.1 Å². The van der Waals surface area contributed by atoms with Gasteiger partial charge in [-0.05, 0) is 43.7 Å². The number of esters is 1. The molecule has 0 aliphatic heterocycles. The summed E-state index contributed by atoms with van der Waals surface area (Å²) in [6, 6.07) is 4.96. The molecule has 160 valence electrons. The van der Waals surface area contributed by atoms with Crippen LogP contribution in [0.15, 0.2) is 30.3 Å². The highest BCUT2D eigenvalue weighted by Gasteiger charge is 2.14. The topological polar surface area (TPSA) is 102 Å². The first kappa shape index (κ1) is 23.1. The van der Waals surface area contributed by atoms with Crippen LogP contribution in [0.4, 0.5) is 9.18 Å². The van der Waals surface area contributed by atoms with Crippen molar-refractivity contribution < 1.29 is 23.5 Å². The molecule has 10 heteroatoms. The number of carbonyl (C=O) groups excluding carboxylic acids is 3. The number of halogens is 2. The minimum atomic E-state index is -0.790. The maximum atomic E-state index is 13.1. The molecule has 0 fully saturated rings. The van der Waals surface area contributed by atoms with E-state index >= 15 is 0 Å². The van der Waals surface area contributed by atoms with E-state index in [1.807, 2.05) is 6.92 Å². The number of carbonyl (C=O) groups is 3. The Morgan fingerprint density at radius 3 is 2.63 bits per heavy atom. The van der Waals surface area contributed by atoms with Gasteiger partial charge in [-0.15, -0.1) is 0 Å². The Morgan fingerprint density at radius 2 is 1.97 bits per heavy atom. The van der Waals surface area contributed by atoms with Crippen molar-refractivity contribution >= 4 is 35.6 Å². The average molecular weight is 437 g/mol. The van der Waals surface area contributed by atoms with Crippen LogP contribution in [0.1, 0.15) is 31.0 Å². The number of amides is 3. The van der Waals surface area contributed by atoms with Gasteiger partial charge in [0.05, 0.1) is 11.4 Å². The Morgan fingerprint density at radius 1 is 1.27 bits per heavy atom. The van der Waals surface area contributed by atoms with Crippen LogP contribution in [0.3, 0.4) is 0 Å².